The number of rotatable bonds is 5. The van der Waals surface area contributed by atoms with Crippen molar-refractivity contribution in [3.8, 4) is 17.2 Å². The first-order valence-electron chi connectivity index (χ1n) is 5.59. The molecule has 0 heterocycles. The Morgan fingerprint density at radius 1 is 1.12 bits per heavy atom. The lowest BCUT2D eigenvalue weighted by Crippen LogP contribution is -2.18. The summed E-state index contributed by atoms with van der Waals surface area (Å²) in [6.45, 7) is 3.97. The van der Waals surface area contributed by atoms with Crippen LogP contribution in [0.3, 0.4) is 0 Å². The van der Waals surface area contributed by atoms with Crippen LogP contribution in [-0.4, -0.2) is 27.4 Å². The molecular weight excluding hydrogens is 218 g/mol. The fraction of sp³-hybridized carbons (Fsp3) is 0.538. The summed E-state index contributed by atoms with van der Waals surface area (Å²) in [7, 11) is 4.84. The number of benzene rings is 1. The Balaban J connectivity index is 3.34. The van der Waals surface area contributed by atoms with Crippen molar-refractivity contribution in [2.45, 2.75) is 26.3 Å². The Hall–Kier alpha value is -1.42. The zero-order valence-corrected chi connectivity index (χ0v) is 11.2. The number of hydrogen-bond acceptors (Lipinski definition) is 4. The topological polar surface area (TPSA) is 53.7 Å². The summed E-state index contributed by atoms with van der Waals surface area (Å²) >= 11 is 0. The average Bonchev–Trinajstić information content (AvgIpc) is 2.30. The maximum Gasteiger partial charge on any atom is 0.203 e. The number of methoxy groups -OCH3 is 3. The molecule has 2 N–H and O–H groups in total. The van der Waals surface area contributed by atoms with Gasteiger partial charge in [0.2, 0.25) is 5.75 Å². The van der Waals surface area contributed by atoms with Crippen molar-refractivity contribution in [2.24, 2.45) is 5.73 Å². The monoisotopic (exact) mass is 239 g/mol. The Morgan fingerprint density at radius 2 is 1.71 bits per heavy atom. The second-order valence-corrected chi connectivity index (χ2v) is 4.11. The van der Waals surface area contributed by atoms with E-state index in [-0.39, 0.29) is 6.04 Å². The third kappa shape index (κ3) is 2.82. The maximum atomic E-state index is 5.83. The molecule has 4 heteroatoms. The van der Waals surface area contributed by atoms with Crippen molar-refractivity contribution in [3.63, 3.8) is 0 Å². The van der Waals surface area contributed by atoms with E-state index >= 15 is 0 Å². The average molecular weight is 239 g/mol. The lowest BCUT2D eigenvalue weighted by molar-refractivity contribution is 0.322. The van der Waals surface area contributed by atoms with E-state index in [0.29, 0.717) is 17.2 Å². The van der Waals surface area contributed by atoms with Gasteiger partial charge in [-0.3, -0.25) is 0 Å². The molecule has 96 valence electrons. The van der Waals surface area contributed by atoms with E-state index in [1.807, 2.05) is 19.9 Å². The van der Waals surface area contributed by atoms with E-state index in [1.54, 1.807) is 21.3 Å². The summed E-state index contributed by atoms with van der Waals surface area (Å²) in [4.78, 5) is 0. The lowest BCUT2D eigenvalue weighted by atomic mass is 10.00. The van der Waals surface area contributed by atoms with E-state index in [0.717, 1.165) is 17.5 Å². The molecule has 0 amide bonds. The molecule has 0 aliphatic rings. The largest absolute Gasteiger partial charge is 0.493 e. The first-order chi connectivity index (χ1) is 8.04. The number of ether oxygens (including phenoxy) is 3. The van der Waals surface area contributed by atoms with Gasteiger partial charge in [0.25, 0.3) is 0 Å². The van der Waals surface area contributed by atoms with Crippen LogP contribution in [0.2, 0.25) is 0 Å². The van der Waals surface area contributed by atoms with Crippen LogP contribution in [0.25, 0.3) is 0 Å². The summed E-state index contributed by atoms with van der Waals surface area (Å²) < 4.78 is 16.0. The summed E-state index contributed by atoms with van der Waals surface area (Å²) in [5.74, 6) is 2.01. The highest BCUT2D eigenvalue weighted by molar-refractivity contribution is 5.58. The molecule has 4 nitrogen and oxygen atoms in total. The minimum absolute atomic E-state index is 0.0940. The molecule has 0 aliphatic carbocycles. The van der Waals surface area contributed by atoms with Gasteiger partial charge >= 0.3 is 0 Å². The molecule has 1 atom stereocenters. The molecule has 1 rings (SSSR count). The Labute approximate surface area is 103 Å². The molecule has 1 aromatic carbocycles. The minimum Gasteiger partial charge on any atom is -0.493 e. The Kier molecular flexibility index (Phi) is 4.63. The van der Waals surface area contributed by atoms with Gasteiger partial charge < -0.3 is 19.9 Å². The van der Waals surface area contributed by atoms with Gasteiger partial charge in [0, 0.05) is 6.04 Å². The van der Waals surface area contributed by atoms with Crippen molar-refractivity contribution < 1.29 is 14.2 Å². The summed E-state index contributed by atoms with van der Waals surface area (Å²) in [6.07, 6.45) is 0.780. The highest BCUT2D eigenvalue weighted by Gasteiger charge is 2.18. The molecule has 1 aromatic rings. The highest BCUT2D eigenvalue weighted by atomic mass is 16.5. The van der Waals surface area contributed by atoms with E-state index in [4.69, 9.17) is 19.9 Å². The molecule has 0 saturated carbocycles. The summed E-state index contributed by atoms with van der Waals surface area (Å²) in [5, 5.41) is 0. The van der Waals surface area contributed by atoms with E-state index < -0.39 is 0 Å². The summed E-state index contributed by atoms with van der Waals surface area (Å²) in [5.41, 5.74) is 8.00. The standard InChI is InChI=1S/C13H21NO3/c1-8(14)6-10-7-11(15-3)13(17-5)12(16-4)9(10)2/h7-8H,6,14H2,1-5H3. The number of hydrogen-bond donors (Lipinski definition) is 1. The lowest BCUT2D eigenvalue weighted by Gasteiger charge is -2.18. The van der Waals surface area contributed by atoms with Gasteiger partial charge in [-0.05, 0) is 37.5 Å². The fourth-order valence-corrected chi connectivity index (χ4v) is 1.91. The first kappa shape index (κ1) is 13.6. The molecular formula is C13H21NO3. The third-order valence-electron chi connectivity index (χ3n) is 2.73. The van der Waals surface area contributed by atoms with Crippen LogP contribution in [0.4, 0.5) is 0 Å². The predicted molar refractivity (Wildman–Crippen MR) is 68.2 cm³/mol. The van der Waals surface area contributed by atoms with Gasteiger partial charge in [-0.2, -0.15) is 0 Å². The molecule has 0 fully saturated rings. The second-order valence-electron chi connectivity index (χ2n) is 4.11. The fourth-order valence-electron chi connectivity index (χ4n) is 1.91. The molecule has 0 spiro atoms. The van der Waals surface area contributed by atoms with Crippen LogP contribution in [0.1, 0.15) is 18.1 Å². The molecule has 0 aromatic heterocycles. The van der Waals surface area contributed by atoms with Crippen LogP contribution >= 0.6 is 0 Å². The predicted octanol–water partition coefficient (Wildman–Crippen LogP) is 1.91. The molecule has 17 heavy (non-hydrogen) atoms. The zero-order chi connectivity index (χ0) is 13.0. The summed E-state index contributed by atoms with van der Waals surface area (Å²) in [6, 6.07) is 2.05. The van der Waals surface area contributed by atoms with Crippen LogP contribution in [0, 0.1) is 6.92 Å². The van der Waals surface area contributed by atoms with Gasteiger partial charge in [-0.25, -0.2) is 0 Å². The van der Waals surface area contributed by atoms with Gasteiger partial charge in [0.15, 0.2) is 11.5 Å². The molecule has 0 aliphatic heterocycles. The van der Waals surface area contributed by atoms with Crippen LogP contribution in [-0.2, 0) is 6.42 Å². The van der Waals surface area contributed by atoms with E-state index in [9.17, 15) is 0 Å². The van der Waals surface area contributed by atoms with Crippen molar-refractivity contribution in [1.29, 1.82) is 0 Å². The molecule has 0 radical (unpaired) electrons. The highest BCUT2D eigenvalue weighted by Crippen LogP contribution is 2.41. The first-order valence-corrected chi connectivity index (χ1v) is 5.59. The van der Waals surface area contributed by atoms with E-state index in [1.165, 1.54) is 0 Å². The van der Waals surface area contributed by atoms with Crippen molar-refractivity contribution in [2.75, 3.05) is 21.3 Å². The van der Waals surface area contributed by atoms with Crippen LogP contribution in [0.15, 0.2) is 6.07 Å². The van der Waals surface area contributed by atoms with Gasteiger partial charge in [-0.1, -0.05) is 0 Å². The normalized spacial score (nSPS) is 12.1. The minimum atomic E-state index is 0.0940. The third-order valence-corrected chi connectivity index (χ3v) is 2.73. The van der Waals surface area contributed by atoms with Gasteiger partial charge in [-0.15, -0.1) is 0 Å². The van der Waals surface area contributed by atoms with Crippen molar-refractivity contribution >= 4 is 0 Å². The Bertz CT molecular complexity index is 389. The van der Waals surface area contributed by atoms with E-state index in [2.05, 4.69) is 0 Å². The molecule has 0 bridgehead atoms. The smallest absolute Gasteiger partial charge is 0.203 e. The van der Waals surface area contributed by atoms with Crippen LogP contribution in [0.5, 0.6) is 17.2 Å². The second kappa shape index (κ2) is 5.77. The molecule has 0 saturated heterocycles. The maximum absolute atomic E-state index is 5.83. The molecule has 1 unspecified atom stereocenters. The van der Waals surface area contributed by atoms with Crippen molar-refractivity contribution in [3.05, 3.63) is 17.2 Å². The Morgan fingerprint density at radius 3 is 2.12 bits per heavy atom. The van der Waals surface area contributed by atoms with Crippen molar-refractivity contribution in [1.82, 2.24) is 0 Å². The SMILES string of the molecule is COc1cc(CC(C)N)c(C)c(OC)c1OC. The van der Waals surface area contributed by atoms with Crippen LogP contribution < -0.4 is 19.9 Å². The quantitative estimate of drug-likeness (QED) is 0.852. The number of nitrogens with two attached hydrogens (primary N) is 1. The van der Waals surface area contributed by atoms with Gasteiger partial charge in [0.1, 0.15) is 0 Å². The van der Waals surface area contributed by atoms with Gasteiger partial charge in [0.05, 0.1) is 21.3 Å². The zero-order valence-electron chi connectivity index (χ0n) is 11.2.